The molecule has 2 N–H and O–H groups in total. The highest BCUT2D eigenvalue weighted by Crippen LogP contribution is 1.95. The van der Waals surface area contributed by atoms with Crippen molar-refractivity contribution in [2.45, 2.75) is 6.92 Å². The summed E-state index contributed by atoms with van der Waals surface area (Å²) in [6.45, 7) is -0.607. The van der Waals surface area contributed by atoms with Crippen LogP contribution in [-0.4, -0.2) is 30.0 Å². The summed E-state index contributed by atoms with van der Waals surface area (Å²) >= 11 is 0. The molecule has 0 aromatic rings. The number of hydrogen-bond acceptors (Lipinski definition) is 3. The molecule has 0 fully saturated rings. The second kappa shape index (κ2) is 3.19. The molecular weight excluding hydrogens is 124 g/mol. The van der Waals surface area contributed by atoms with Gasteiger partial charge in [-0.25, -0.2) is 0 Å². The summed E-state index contributed by atoms with van der Waals surface area (Å²) in [6.07, 6.45) is 0. The number of Topliss-reactive ketones (excluding diaryl/α,β-unsaturated/α-hetero) is 1. The number of aliphatic hydroxyl groups is 1. The van der Waals surface area contributed by atoms with E-state index in [0.717, 1.165) is 6.92 Å². The van der Waals surface area contributed by atoms with Gasteiger partial charge in [0, 0.05) is 0 Å². The van der Waals surface area contributed by atoms with E-state index in [2.05, 4.69) is 5.11 Å². The number of carboxylic acids is 1. The second-order valence-corrected chi connectivity index (χ2v) is 1.56. The molecular formula is C5H8O4. The number of carboxylic acid groups (broad SMARTS) is 1. The van der Waals surface area contributed by atoms with Crippen molar-refractivity contribution in [1.29, 1.82) is 1.43 Å². The minimum atomic E-state index is -1.65. The topological polar surface area (TPSA) is 74.6 Å². The molecule has 0 bridgehead atoms. The van der Waals surface area contributed by atoms with E-state index in [0.29, 0.717) is 0 Å². The lowest BCUT2D eigenvalue weighted by Gasteiger charge is -2.01. The maximum absolute atomic E-state index is 10.5. The van der Waals surface area contributed by atoms with Gasteiger partial charge in [0.05, 0.1) is 7.95 Å². The summed E-state index contributed by atoms with van der Waals surface area (Å²) in [5.74, 6) is -3.69. The van der Waals surface area contributed by atoms with Gasteiger partial charge in [-0.2, -0.15) is 0 Å². The average Bonchev–Trinajstić information content (AvgIpc) is 1.85. The summed E-state index contributed by atoms with van der Waals surface area (Å²) < 4.78 is 13.1. The van der Waals surface area contributed by atoms with Crippen molar-refractivity contribution in [1.82, 2.24) is 0 Å². The van der Waals surface area contributed by atoms with E-state index >= 15 is 0 Å². The largest absolute Gasteiger partial charge is 0.481 e. The summed E-state index contributed by atoms with van der Waals surface area (Å²) in [4.78, 5) is 20.8. The van der Waals surface area contributed by atoms with Crippen LogP contribution in [0.1, 0.15) is 8.29 Å². The lowest BCUT2D eigenvalue weighted by atomic mass is 10.1. The van der Waals surface area contributed by atoms with Gasteiger partial charge < -0.3 is 10.2 Å². The Morgan fingerprint density at radius 3 is 2.56 bits per heavy atom. The molecule has 4 nitrogen and oxygen atoms in total. The van der Waals surface area contributed by atoms with Gasteiger partial charge in [0.15, 0.2) is 0 Å². The highest BCUT2D eigenvalue weighted by molar-refractivity contribution is 5.96. The Morgan fingerprint density at radius 2 is 2.44 bits per heavy atom. The maximum Gasteiger partial charge on any atom is 0.316 e. The molecule has 9 heavy (non-hydrogen) atoms. The van der Waals surface area contributed by atoms with Crippen LogP contribution in [0.2, 0.25) is 0 Å². The Balaban J connectivity index is 4.34. The quantitative estimate of drug-likeness (QED) is 0.497. The molecule has 0 aliphatic rings. The summed E-state index contributed by atoms with van der Waals surface area (Å²) in [5.41, 5.74) is 0. The number of ketones is 1. The molecule has 0 amide bonds. The smallest absolute Gasteiger partial charge is 0.316 e. The highest BCUT2D eigenvalue weighted by Gasteiger charge is 2.20. The van der Waals surface area contributed by atoms with Crippen LogP contribution in [-0.2, 0) is 9.59 Å². The molecule has 4 heteroatoms. The van der Waals surface area contributed by atoms with Crippen LogP contribution in [0.4, 0.5) is 0 Å². The Labute approximate surface area is 55.0 Å². The van der Waals surface area contributed by atoms with Gasteiger partial charge >= 0.3 is 5.97 Å². The van der Waals surface area contributed by atoms with Crippen LogP contribution >= 0.6 is 0 Å². The van der Waals surface area contributed by atoms with Gasteiger partial charge in [-0.15, -0.1) is 0 Å². The molecule has 0 aromatic carbocycles. The SMILES string of the molecule is [2H]OC([2H])C(C(C)=O)C(=O)O. The fourth-order valence-electron chi connectivity index (χ4n) is 0.328. The average molecular weight is 134 g/mol. The van der Waals surface area contributed by atoms with Crippen molar-refractivity contribution in [2.24, 2.45) is 5.92 Å². The van der Waals surface area contributed by atoms with Crippen molar-refractivity contribution >= 4 is 11.8 Å². The van der Waals surface area contributed by atoms with Crippen LogP contribution in [0, 0.1) is 5.92 Å². The molecule has 2 unspecified atom stereocenters. The van der Waals surface area contributed by atoms with E-state index in [9.17, 15) is 9.59 Å². The number of hydrogen-bond donors (Lipinski definition) is 2. The van der Waals surface area contributed by atoms with Crippen molar-refractivity contribution < 1.29 is 21.2 Å². The minimum absolute atomic E-state index is 0.690. The molecule has 0 saturated heterocycles. The minimum Gasteiger partial charge on any atom is -0.481 e. The molecule has 0 aliphatic carbocycles. The van der Waals surface area contributed by atoms with Crippen LogP contribution in [0.25, 0.3) is 0 Å². The van der Waals surface area contributed by atoms with Crippen molar-refractivity contribution in [2.75, 3.05) is 6.58 Å². The van der Waals surface area contributed by atoms with E-state index in [1.807, 2.05) is 0 Å². The van der Waals surface area contributed by atoms with Gasteiger partial charge in [0.1, 0.15) is 11.7 Å². The van der Waals surface area contributed by atoms with E-state index in [1.54, 1.807) is 0 Å². The maximum atomic E-state index is 10.5. The van der Waals surface area contributed by atoms with Gasteiger partial charge in [-0.1, -0.05) is 0 Å². The van der Waals surface area contributed by atoms with E-state index < -0.39 is 24.3 Å². The predicted molar refractivity (Wildman–Crippen MR) is 28.9 cm³/mol. The van der Waals surface area contributed by atoms with Crippen LogP contribution in [0.5, 0.6) is 0 Å². The molecule has 0 aromatic heterocycles. The Kier molecular flexibility index (Phi) is 1.75. The fraction of sp³-hybridized carbons (Fsp3) is 0.600. The van der Waals surface area contributed by atoms with Crippen molar-refractivity contribution in [3.8, 4) is 0 Å². The summed E-state index contributed by atoms with van der Waals surface area (Å²) in [6, 6.07) is 0. The normalized spacial score (nSPS) is 19.2. The standard InChI is InChI=1S/C5H8O4/c1-3(7)4(2-6)5(8)9/h4,6H,2H2,1H3,(H,8,9)/i2D,6D. The third-order valence-electron chi connectivity index (χ3n) is 0.840. The summed E-state index contributed by atoms with van der Waals surface area (Å²) in [7, 11) is 0. The van der Waals surface area contributed by atoms with Crippen molar-refractivity contribution in [3.63, 3.8) is 0 Å². The number of carbonyl (C=O) groups excluding carboxylic acids is 1. The second-order valence-electron chi connectivity index (χ2n) is 1.56. The molecule has 0 aliphatic heterocycles. The molecule has 52 valence electrons. The predicted octanol–water partition coefficient (Wildman–Crippen LogP) is -0.731. The Bertz CT molecular complexity index is 156. The number of aliphatic carboxylic acids is 1. The third kappa shape index (κ3) is 2.23. The highest BCUT2D eigenvalue weighted by atomic mass is 16.4. The molecule has 0 saturated carbocycles. The molecule has 0 heterocycles. The molecule has 0 spiro atoms. The van der Waals surface area contributed by atoms with E-state index in [4.69, 9.17) is 7.91 Å². The van der Waals surface area contributed by atoms with Crippen molar-refractivity contribution in [3.05, 3.63) is 0 Å². The lowest BCUT2D eigenvalue weighted by Crippen LogP contribution is -2.24. The first-order valence-electron chi connectivity index (χ1n) is 3.26. The van der Waals surface area contributed by atoms with E-state index in [1.165, 1.54) is 0 Å². The molecule has 0 radical (unpaired) electrons. The van der Waals surface area contributed by atoms with Crippen LogP contribution in [0.3, 0.4) is 0 Å². The number of rotatable bonds is 4. The first-order valence-corrected chi connectivity index (χ1v) is 2.28. The summed E-state index contributed by atoms with van der Waals surface area (Å²) in [5, 5.41) is 12.0. The van der Waals surface area contributed by atoms with E-state index in [-0.39, 0.29) is 0 Å². The number of aliphatic hydroxyl groups excluding tert-OH is 1. The Hall–Kier alpha value is -0.900. The van der Waals surface area contributed by atoms with Crippen LogP contribution in [0.15, 0.2) is 0 Å². The number of carbonyl (C=O) groups is 2. The first kappa shape index (κ1) is 4.93. The third-order valence-corrected chi connectivity index (χ3v) is 0.840. The lowest BCUT2D eigenvalue weighted by molar-refractivity contribution is -0.147. The van der Waals surface area contributed by atoms with Gasteiger partial charge in [0.2, 0.25) is 1.43 Å². The Morgan fingerprint density at radius 1 is 1.89 bits per heavy atom. The zero-order valence-corrected chi connectivity index (χ0v) is 4.83. The van der Waals surface area contributed by atoms with Gasteiger partial charge in [-0.05, 0) is 6.92 Å². The zero-order valence-electron chi connectivity index (χ0n) is 6.83. The van der Waals surface area contributed by atoms with Gasteiger partial charge in [-0.3, -0.25) is 9.59 Å². The van der Waals surface area contributed by atoms with Gasteiger partial charge in [0.25, 0.3) is 0 Å². The monoisotopic (exact) mass is 134 g/mol. The fourth-order valence-corrected chi connectivity index (χ4v) is 0.328. The zero-order chi connectivity index (χ0) is 9.02. The van der Waals surface area contributed by atoms with Crippen LogP contribution < -0.4 is 0 Å². The first-order chi connectivity index (χ1) is 5.00. The molecule has 0 rings (SSSR count). The molecule has 2 atom stereocenters.